The van der Waals surface area contributed by atoms with Crippen LogP contribution in [-0.2, 0) is 6.54 Å². The highest BCUT2D eigenvalue weighted by atomic mass is 16.6. The molecule has 1 aromatic carbocycles. The van der Waals surface area contributed by atoms with Gasteiger partial charge in [-0.15, -0.1) is 0 Å². The Morgan fingerprint density at radius 2 is 2.14 bits per heavy atom. The van der Waals surface area contributed by atoms with Gasteiger partial charge in [-0.3, -0.25) is 19.6 Å². The van der Waals surface area contributed by atoms with Crippen molar-refractivity contribution in [1.29, 1.82) is 0 Å². The van der Waals surface area contributed by atoms with Crippen molar-refractivity contribution in [3.63, 3.8) is 0 Å². The van der Waals surface area contributed by atoms with Gasteiger partial charge in [0.15, 0.2) is 0 Å². The average molecular weight is 304 g/mol. The van der Waals surface area contributed by atoms with E-state index in [0.29, 0.717) is 17.9 Å². The smallest absolute Gasteiger partial charge is 0.273 e. The third-order valence-electron chi connectivity index (χ3n) is 3.36. The van der Waals surface area contributed by atoms with Crippen molar-refractivity contribution >= 4 is 17.3 Å². The number of aromatic nitrogens is 2. The summed E-state index contributed by atoms with van der Waals surface area (Å²) in [6.45, 7) is 6.21. The van der Waals surface area contributed by atoms with Crippen molar-refractivity contribution in [3.8, 4) is 5.75 Å². The molecule has 0 aliphatic rings. The molecule has 1 amide bonds. The maximum Gasteiger partial charge on any atom is 0.273 e. The fourth-order valence-corrected chi connectivity index (χ4v) is 2.19. The van der Waals surface area contributed by atoms with Crippen LogP contribution in [0.2, 0.25) is 0 Å². The number of aryl methyl sites for hydroxylation is 2. The summed E-state index contributed by atoms with van der Waals surface area (Å²) in [7, 11) is 0. The van der Waals surface area contributed by atoms with Crippen LogP contribution in [0.25, 0.3) is 0 Å². The molecule has 0 bridgehead atoms. The molecule has 0 radical (unpaired) electrons. The molecule has 0 aliphatic carbocycles. The monoisotopic (exact) mass is 304 g/mol. The van der Waals surface area contributed by atoms with Crippen LogP contribution in [0.1, 0.15) is 28.7 Å². The van der Waals surface area contributed by atoms with Crippen LogP contribution in [0, 0.1) is 24.0 Å². The van der Waals surface area contributed by atoms with Gasteiger partial charge >= 0.3 is 0 Å². The number of anilines is 1. The van der Waals surface area contributed by atoms with Crippen LogP contribution in [0.5, 0.6) is 5.75 Å². The lowest BCUT2D eigenvalue weighted by Gasteiger charge is -2.07. The van der Waals surface area contributed by atoms with Crippen LogP contribution in [0.15, 0.2) is 18.2 Å². The molecule has 1 heterocycles. The standard InChI is InChI=1S/C14H16N4O4/c1-4-17-9(3)13(8(2)16-17)15-14(20)11-6-5-10(18(21)22)7-12(11)19/h5-7,19H,4H2,1-3H3,(H,15,20). The van der Waals surface area contributed by atoms with Gasteiger partial charge in [-0.2, -0.15) is 5.10 Å². The Morgan fingerprint density at radius 3 is 2.64 bits per heavy atom. The topological polar surface area (TPSA) is 110 Å². The van der Waals surface area contributed by atoms with Gasteiger partial charge < -0.3 is 10.4 Å². The van der Waals surface area contributed by atoms with Gasteiger partial charge in [0, 0.05) is 12.6 Å². The van der Waals surface area contributed by atoms with Crippen molar-refractivity contribution in [2.45, 2.75) is 27.3 Å². The molecule has 0 saturated carbocycles. The molecule has 116 valence electrons. The minimum atomic E-state index is -0.638. The SMILES string of the molecule is CCn1nc(C)c(NC(=O)c2ccc([N+](=O)[O-])cc2O)c1C. The van der Waals surface area contributed by atoms with E-state index in [2.05, 4.69) is 10.4 Å². The van der Waals surface area contributed by atoms with Gasteiger partial charge in [-0.1, -0.05) is 0 Å². The van der Waals surface area contributed by atoms with E-state index in [1.165, 1.54) is 12.1 Å². The molecule has 8 heteroatoms. The van der Waals surface area contributed by atoms with E-state index in [1.54, 1.807) is 11.6 Å². The summed E-state index contributed by atoms with van der Waals surface area (Å²) in [5, 5.41) is 27.4. The number of carbonyl (C=O) groups is 1. The summed E-state index contributed by atoms with van der Waals surface area (Å²) in [4.78, 5) is 22.2. The van der Waals surface area contributed by atoms with E-state index in [9.17, 15) is 20.0 Å². The lowest BCUT2D eigenvalue weighted by Crippen LogP contribution is -2.13. The zero-order valence-electron chi connectivity index (χ0n) is 12.5. The first-order valence-electron chi connectivity index (χ1n) is 6.68. The van der Waals surface area contributed by atoms with Gasteiger partial charge in [0.25, 0.3) is 11.6 Å². The van der Waals surface area contributed by atoms with Crippen LogP contribution in [0.4, 0.5) is 11.4 Å². The number of hydrogen-bond donors (Lipinski definition) is 2. The van der Waals surface area contributed by atoms with E-state index < -0.39 is 16.6 Å². The van der Waals surface area contributed by atoms with Crippen molar-refractivity contribution in [2.75, 3.05) is 5.32 Å². The number of non-ortho nitro benzene ring substituents is 1. The number of phenols is 1. The fourth-order valence-electron chi connectivity index (χ4n) is 2.19. The Bertz CT molecular complexity index is 752. The number of phenolic OH excluding ortho intramolecular Hbond substituents is 1. The molecule has 2 N–H and O–H groups in total. The Morgan fingerprint density at radius 1 is 1.45 bits per heavy atom. The van der Waals surface area contributed by atoms with E-state index in [4.69, 9.17) is 0 Å². The predicted octanol–water partition coefficient (Wildman–Crippen LogP) is 2.39. The van der Waals surface area contributed by atoms with Crippen LogP contribution in [0.3, 0.4) is 0 Å². The number of aromatic hydroxyl groups is 1. The minimum absolute atomic E-state index is 0.0337. The van der Waals surface area contributed by atoms with Crippen LogP contribution in [-0.4, -0.2) is 25.7 Å². The first kappa shape index (κ1) is 15.5. The largest absolute Gasteiger partial charge is 0.507 e. The average Bonchev–Trinajstić information content (AvgIpc) is 2.74. The molecule has 0 unspecified atom stereocenters. The number of carbonyl (C=O) groups excluding carboxylic acids is 1. The molecule has 2 aromatic rings. The fraction of sp³-hybridized carbons (Fsp3) is 0.286. The Balaban J connectivity index is 2.30. The van der Waals surface area contributed by atoms with E-state index in [0.717, 1.165) is 11.8 Å². The van der Waals surface area contributed by atoms with Gasteiger partial charge in [0.2, 0.25) is 0 Å². The third kappa shape index (κ3) is 2.76. The van der Waals surface area contributed by atoms with E-state index in [-0.39, 0.29) is 11.3 Å². The number of benzene rings is 1. The lowest BCUT2D eigenvalue weighted by molar-refractivity contribution is -0.384. The lowest BCUT2D eigenvalue weighted by atomic mass is 10.1. The summed E-state index contributed by atoms with van der Waals surface area (Å²) in [6.07, 6.45) is 0. The Hall–Kier alpha value is -2.90. The molecule has 22 heavy (non-hydrogen) atoms. The molecule has 0 saturated heterocycles. The number of nitro groups is 1. The summed E-state index contributed by atoms with van der Waals surface area (Å²) in [6, 6.07) is 3.34. The van der Waals surface area contributed by atoms with E-state index >= 15 is 0 Å². The molecule has 0 atom stereocenters. The highest BCUT2D eigenvalue weighted by molar-refractivity contribution is 6.06. The first-order valence-corrected chi connectivity index (χ1v) is 6.68. The van der Waals surface area contributed by atoms with Gasteiger partial charge in [-0.25, -0.2) is 0 Å². The quantitative estimate of drug-likeness (QED) is 0.665. The summed E-state index contributed by atoms with van der Waals surface area (Å²) in [5.41, 5.74) is 1.72. The van der Waals surface area contributed by atoms with Crippen LogP contribution < -0.4 is 5.32 Å². The van der Waals surface area contributed by atoms with Crippen molar-refractivity contribution in [3.05, 3.63) is 45.3 Å². The molecule has 8 nitrogen and oxygen atoms in total. The second-order valence-corrected chi connectivity index (χ2v) is 4.77. The van der Waals surface area contributed by atoms with Crippen molar-refractivity contribution in [2.24, 2.45) is 0 Å². The zero-order valence-corrected chi connectivity index (χ0v) is 12.5. The second kappa shape index (κ2) is 5.84. The molecule has 1 aromatic heterocycles. The maximum absolute atomic E-state index is 12.2. The summed E-state index contributed by atoms with van der Waals surface area (Å²) >= 11 is 0. The second-order valence-electron chi connectivity index (χ2n) is 4.77. The predicted molar refractivity (Wildman–Crippen MR) is 80.1 cm³/mol. The number of nitro benzene ring substituents is 1. The number of nitrogens with one attached hydrogen (secondary N) is 1. The molecular weight excluding hydrogens is 288 g/mol. The van der Waals surface area contributed by atoms with E-state index in [1.807, 2.05) is 13.8 Å². The zero-order chi connectivity index (χ0) is 16.4. The maximum atomic E-state index is 12.2. The molecule has 0 aliphatic heterocycles. The van der Waals surface area contributed by atoms with Gasteiger partial charge in [0.05, 0.1) is 33.6 Å². The highest BCUT2D eigenvalue weighted by Gasteiger charge is 2.19. The number of rotatable bonds is 4. The molecule has 0 spiro atoms. The normalized spacial score (nSPS) is 10.5. The highest BCUT2D eigenvalue weighted by Crippen LogP contribution is 2.26. The number of hydrogen-bond acceptors (Lipinski definition) is 5. The number of amides is 1. The van der Waals surface area contributed by atoms with Crippen molar-refractivity contribution in [1.82, 2.24) is 9.78 Å². The first-order chi connectivity index (χ1) is 10.3. The molecular formula is C14H16N4O4. The van der Waals surface area contributed by atoms with Crippen LogP contribution >= 0.6 is 0 Å². The van der Waals surface area contributed by atoms with Gasteiger partial charge in [-0.05, 0) is 26.8 Å². The number of nitrogens with zero attached hydrogens (tertiary/aromatic N) is 3. The molecule has 2 rings (SSSR count). The molecule has 0 fully saturated rings. The summed E-state index contributed by atoms with van der Waals surface area (Å²) in [5.74, 6) is -0.987. The van der Waals surface area contributed by atoms with Crippen molar-refractivity contribution < 1.29 is 14.8 Å². The summed E-state index contributed by atoms with van der Waals surface area (Å²) < 4.78 is 1.75. The Kier molecular flexibility index (Phi) is 4.11. The van der Waals surface area contributed by atoms with Gasteiger partial charge in [0.1, 0.15) is 5.75 Å². The minimum Gasteiger partial charge on any atom is -0.507 e. The third-order valence-corrected chi connectivity index (χ3v) is 3.36. The Labute approximate surface area is 126 Å².